The first-order chi connectivity index (χ1) is 15.7. The van der Waals surface area contributed by atoms with Gasteiger partial charge in [0.15, 0.2) is 0 Å². The molecule has 0 fully saturated rings. The number of hydrogen-bond donors (Lipinski definition) is 1. The largest absolute Gasteiger partial charge is 0.356 e. The van der Waals surface area contributed by atoms with E-state index >= 15 is 0 Å². The Morgan fingerprint density at radius 3 is 2.44 bits per heavy atom. The molecular weight excluding hydrogens is 418 g/mol. The Morgan fingerprint density at radius 1 is 1.03 bits per heavy atom. The normalized spacial score (nSPS) is 20.7. The second kappa shape index (κ2) is 7.71. The molecule has 0 saturated heterocycles. The van der Waals surface area contributed by atoms with Crippen LogP contribution in [0.25, 0.3) is 10.2 Å². The van der Waals surface area contributed by atoms with E-state index in [2.05, 4.69) is 58.8 Å². The van der Waals surface area contributed by atoms with Gasteiger partial charge in [-0.05, 0) is 46.0 Å². The number of amides is 1. The molecule has 0 spiro atoms. The monoisotopic (exact) mass is 441 g/mol. The van der Waals surface area contributed by atoms with Crippen molar-refractivity contribution in [3.05, 3.63) is 98.9 Å². The zero-order valence-electron chi connectivity index (χ0n) is 17.5. The van der Waals surface area contributed by atoms with Gasteiger partial charge in [-0.2, -0.15) is 0 Å². The lowest BCUT2D eigenvalue weighted by Crippen LogP contribution is -2.39. The van der Waals surface area contributed by atoms with Crippen molar-refractivity contribution in [2.45, 2.75) is 31.2 Å². The quantitative estimate of drug-likeness (QED) is 0.503. The van der Waals surface area contributed by atoms with Gasteiger partial charge in [0, 0.05) is 31.3 Å². The van der Waals surface area contributed by atoms with Gasteiger partial charge in [0.05, 0.1) is 11.7 Å². The molecule has 6 heteroatoms. The molecule has 2 bridgehead atoms. The van der Waals surface area contributed by atoms with E-state index in [1.807, 2.05) is 5.38 Å². The summed E-state index contributed by atoms with van der Waals surface area (Å²) >= 11 is 1.45. The van der Waals surface area contributed by atoms with E-state index in [0.29, 0.717) is 36.2 Å². The van der Waals surface area contributed by atoms with Crippen molar-refractivity contribution < 1.29 is 4.79 Å². The van der Waals surface area contributed by atoms with Crippen LogP contribution in [0, 0.1) is 5.92 Å². The number of aryl methyl sites for hydroxylation is 1. The van der Waals surface area contributed by atoms with Gasteiger partial charge in [-0.25, -0.2) is 4.98 Å². The molecule has 0 radical (unpaired) electrons. The highest BCUT2D eigenvalue weighted by molar-refractivity contribution is 7.16. The van der Waals surface area contributed by atoms with Gasteiger partial charge in [-0.1, -0.05) is 48.5 Å². The van der Waals surface area contributed by atoms with E-state index in [1.165, 1.54) is 38.2 Å². The molecule has 1 N–H and O–H groups in total. The van der Waals surface area contributed by atoms with Crippen LogP contribution in [0.15, 0.2) is 71.1 Å². The lowest BCUT2D eigenvalue weighted by Gasteiger charge is -2.45. The average Bonchev–Trinajstić information content (AvgIpc) is 3.32. The van der Waals surface area contributed by atoms with Crippen molar-refractivity contribution >= 4 is 27.5 Å². The molecule has 0 aliphatic heterocycles. The molecule has 3 aliphatic carbocycles. The Balaban J connectivity index is 1.16. The van der Waals surface area contributed by atoms with E-state index in [4.69, 9.17) is 0 Å². The number of carbonyl (C=O) groups is 1. The van der Waals surface area contributed by atoms with Crippen molar-refractivity contribution in [2.24, 2.45) is 5.92 Å². The SMILES string of the molecule is O=C(CCn1cnc2sccc2c1=O)NC[C@H]1CC2c3ccccc3C1c1ccccc12. The summed E-state index contributed by atoms with van der Waals surface area (Å²) < 4.78 is 1.53. The Morgan fingerprint density at radius 2 is 1.72 bits per heavy atom. The first-order valence-electron chi connectivity index (χ1n) is 11.1. The minimum absolute atomic E-state index is 0.0228. The number of benzene rings is 2. The fourth-order valence-electron chi connectivity index (χ4n) is 5.57. The third-order valence-electron chi connectivity index (χ3n) is 7.01. The van der Waals surface area contributed by atoms with Crippen molar-refractivity contribution in [2.75, 3.05) is 6.54 Å². The Kier molecular flexibility index (Phi) is 4.68. The van der Waals surface area contributed by atoms with Gasteiger partial charge in [-0.3, -0.25) is 14.2 Å². The second-order valence-electron chi connectivity index (χ2n) is 8.72. The Hall–Kier alpha value is -3.25. The molecule has 4 aromatic rings. The first kappa shape index (κ1) is 19.4. The molecule has 5 nitrogen and oxygen atoms in total. The van der Waals surface area contributed by atoms with Crippen molar-refractivity contribution in [3.63, 3.8) is 0 Å². The Labute approximate surface area is 189 Å². The molecule has 7 rings (SSSR count). The summed E-state index contributed by atoms with van der Waals surface area (Å²) in [7, 11) is 0. The minimum Gasteiger partial charge on any atom is -0.356 e. The van der Waals surface area contributed by atoms with Crippen LogP contribution in [0.4, 0.5) is 0 Å². The van der Waals surface area contributed by atoms with Crippen LogP contribution in [-0.4, -0.2) is 22.0 Å². The maximum Gasteiger partial charge on any atom is 0.262 e. The summed E-state index contributed by atoms with van der Waals surface area (Å²) in [4.78, 5) is 30.2. The van der Waals surface area contributed by atoms with Crippen LogP contribution in [0.1, 0.15) is 46.9 Å². The summed E-state index contributed by atoms with van der Waals surface area (Å²) in [6, 6.07) is 19.3. The molecule has 0 unspecified atom stereocenters. The zero-order valence-corrected chi connectivity index (χ0v) is 18.3. The molecular formula is C26H23N3O2S. The third kappa shape index (κ3) is 3.09. The molecule has 160 valence electrons. The Bertz CT molecular complexity index is 1340. The molecule has 2 aromatic carbocycles. The molecule has 0 saturated carbocycles. The molecule has 3 aliphatic rings. The van der Waals surface area contributed by atoms with Crippen molar-refractivity contribution in [1.82, 2.24) is 14.9 Å². The fraction of sp³-hybridized carbons (Fsp3) is 0.269. The highest BCUT2D eigenvalue weighted by atomic mass is 32.1. The van der Waals surface area contributed by atoms with Gasteiger partial charge >= 0.3 is 0 Å². The van der Waals surface area contributed by atoms with E-state index in [-0.39, 0.29) is 17.9 Å². The standard InChI is InChI=1S/C26H23N3O2S/c30-23(9-11-29-15-28-25-21(26(29)31)10-12-32-25)27-14-16-13-22-17-5-1-3-7-19(17)24(16)20-8-4-2-6-18(20)22/h1-8,10,12,15-16,22,24H,9,11,13-14H2,(H,27,30)/t16-,22?,24?/m1/s1. The van der Waals surface area contributed by atoms with Crippen molar-refractivity contribution in [1.29, 1.82) is 0 Å². The molecule has 2 heterocycles. The number of hydrogen-bond acceptors (Lipinski definition) is 4. The number of nitrogens with one attached hydrogen (secondary N) is 1. The number of aromatic nitrogens is 2. The summed E-state index contributed by atoms with van der Waals surface area (Å²) in [5.41, 5.74) is 5.61. The van der Waals surface area contributed by atoms with Crippen molar-refractivity contribution in [3.8, 4) is 0 Å². The van der Waals surface area contributed by atoms with Crippen LogP contribution < -0.4 is 10.9 Å². The van der Waals surface area contributed by atoms with E-state index in [1.54, 1.807) is 12.4 Å². The third-order valence-corrected chi connectivity index (χ3v) is 7.84. The number of thiophene rings is 1. The van der Waals surface area contributed by atoms with Gasteiger partial charge in [-0.15, -0.1) is 11.3 Å². The smallest absolute Gasteiger partial charge is 0.262 e. The summed E-state index contributed by atoms with van der Waals surface area (Å²) in [6.07, 6.45) is 2.87. The van der Waals surface area contributed by atoms with E-state index in [0.717, 1.165) is 11.3 Å². The maximum absolute atomic E-state index is 12.6. The highest BCUT2D eigenvalue weighted by Crippen LogP contribution is 2.55. The lowest BCUT2D eigenvalue weighted by molar-refractivity contribution is -0.121. The highest BCUT2D eigenvalue weighted by Gasteiger charge is 2.42. The van der Waals surface area contributed by atoms with Crippen LogP contribution in [0.5, 0.6) is 0 Å². The van der Waals surface area contributed by atoms with Gasteiger partial charge in [0.1, 0.15) is 4.83 Å². The lowest BCUT2D eigenvalue weighted by atomic mass is 9.59. The number of nitrogens with zero attached hydrogens (tertiary/aromatic N) is 2. The fourth-order valence-corrected chi connectivity index (χ4v) is 6.29. The topological polar surface area (TPSA) is 64.0 Å². The minimum atomic E-state index is -0.0816. The predicted molar refractivity (Wildman–Crippen MR) is 126 cm³/mol. The average molecular weight is 442 g/mol. The summed E-state index contributed by atoms with van der Waals surface area (Å²) in [5.74, 6) is 1.07. The number of rotatable bonds is 5. The van der Waals surface area contributed by atoms with Gasteiger partial charge in [0.2, 0.25) is 5.91 Å². The maximum atomic E-state index is 12.6. The number of carbonyl (C=O) groups excluding carboxylic acids is 1. The molecule has 1 amide bonds. The zero-order chi connectivity index (χ0) is 21.7. The summed E-state index contributed by atoms with van der Waals surface area (Å²) in [6.45, 7) is 0.991. The van der Waals surface area contributed by atoms with Crippen LogP contribution in [0.3, 0.4) is 0 Å². The van der Waals surface area contributed by atoms with Gasteiger partial charge < -0.3 is 5.32 Å². The molecule has 32 heavy (non-hydrogen) atoms. The van der Waals surface area contributed by atoms with Crippen LogP contribution in [-0.2, 0) is 11.3 Å². The summed E-state index contributed by atoms with van der Waals surface area (Å²) in [5, 5.41) is 5.63. The second-order valence-corrected chi connectivity index (χ2v) is 9.62. The predicted octanol–water partition coefficient (Wildman–Crippen LogP) is 4.26. The van der Waals surface area contributed by atoms with E-state index < -0.39 is 0 Å². The van der Waals surface area contributed by atoms with Crippen LogP contribution in [0.2, 0.25) is 0 Å². The van der Waals surface area contributed by atoms with Gasteiger partial charge in [0.25, 0.3) is 5.56 Å². The van der Waals surface area contributed by atoms with Crippen LogP contribution >= 0.6 is 11.3 Å². The first-order valence-corrected chi connectivity index (χ1v) is 12.0. The molecule has 1 atom stereocenters. The molecule has 2 aromatic heterocycles. The number of fused-ring (bicyclic) bond motifs is 2. The van der Waals surface area contributed by atoms with E-state index in [9.17, 15) is 9.59 Å².